The Labute approximate surface area is 192 Å². The minimum Gasteiger partial charge on any atom is -0.462 e. The number of ether oxygens (including phenoxy) is 1. The molecule has 0 saturated carbocycles. The molecule has 7 heteroatoms. The SMILES string of the molecule is CCCCCCCN1C(=O)C(=Cc2ccc(-c3ccc(C(=O)OCC)cc3)o2)SC1=S. The van der Waals surface area contributed by atoms with Gasteiger partial charge in [-0.15, -0.1) is 0 Å². The third-order valence-electron chi connectivity index (χ3n) is 4.94. The number of carbonyl (C=O) groups excluding carboxylic acids is 2. The van der Waals surface area contributed by atoms with E-state index >= 15 is 0 Å². The molecule has 1 amide bonds. The highest BCUT2D eigenvalue weighted by atomic mass is 32.2. The lowest BCUT2D eigenvalue weighted by Crippen LogP contribution is -2.28. The summed E-state index contributed by atoms with van der Waals surface area (Å²) in [7, 11) is 0. The highest BCUT2D eigenvalue weighted by Crippen LogP contribution is 2.34. The van der Waals surface area contributed by atoms with Gasteiger partial charge in [0.2, 0.25) is 0 Å². The summed E-state index contributed by atoms with van der Waals surface area (Å²) < 4.78 is 11.5. The number of thiocarbonyl (C=S) groups is 1. The molecule has 0 unspecified atom stereocenters. The van der Waals surface area contributed by atoms with E-state index in [0.29, 0.717) is 39.5 Å². The molecule has 0 atom stereocenters. The molecule has 3 rings (SSSR count). The average Bonchev–Trinajstić information content (AvgIpc) is 3.33. The van der Waals surface area contributed by atoms with Gasteiger partial charge in [-0.25, -0.2) is 4.79 Å². The molecule has 164 valence electrons. The van der Waals surface area contributed by atoms with Crippen molar-refractivity contribution in [3.8, 4) is 11.3 Å². The van der Waals surface area contributed by atoms with Crippen molar-refractivity contribution in [1.29, 1.82) is 0 Å². The number of hydrogen-bond acceptors (Lipinski definition) is 6. The Morgan fingerprint density at radius 1 is 1.10 bits per heavy atom. The van der Waals surface area contributed by atoms with Crippen LogP contribution >= 0.6 is 24.0 Å². The maximum atomic E-state index is 12.7. The fourth-order valence-corrected chi connectivity index (χ4v) is 4.55. The lowest BCUT2D eigenvalue weighted by atomic mass is 10.1. The predicted octanol–water partition coefficient (Wildman–Crippen LogP) is 6.29. The van der Waals surface area contributed by atoms with Gasteiger partial charge in [0.25, 0.3) is 5.91 Å². The predicted molar refractivity (Wildman–Crippen MR) is 129 cm³/mol. The minimum absolute atomic E-state index is 0.0535. The average molecular weight is 458 g/mol. The standard InChI is InChI=1S/C24H27NO4S2/c1-3-5-6-7-8-15-25-22(26)21(31-24(25)30)16-19-13-14-20(29-19)17-9-11-18(12-10-17)23(27)28-4-2/h9-14,16H,3-8,15H2,1-2H3. The first-order chi connectivity index (χ1) is 15.0. The van der Waals surface area contributed by atoms with Crippen molar-refractivity contribution >= 4 is 46.3 Å². The van der Waals surface area contributed by atoms with Crippen LogP contribution in [0.1, 0.15) is 62.1 Å². The summed E-state index contributed by atoms with van der Waals surface area (Å²) in [6.07, 6.45) is 7.44. The van der Waals surface area contributed by atoms with Crippen molar-refractivity contribution in [3.05, 3.63) is 52.6 Å². The van der Waals surface area contributed by atoms with Gasteiger partial charge in [0, 0.05) is 18.2 Å². The van der Waals surface area contributed by atoms with E-state index in [1.165, 1.54) is 31.0 Å². The van der Waals surface area contributed by atoms with E-state index in [0.717, 1.165) is 18.4 Å². The Morgan fingerprint density at radius 2 is 1.84 bits per heavy atom. The molecule has 31 heavy (non-hydrogen) atoms. The van der Waals surface area contributed by atoms with Crippen LogP contribution in [0.2, 0.25) is 0 Å². The molecular formula is C24H27NO4S2. The fourth-order valence-electron chi connectivity index (χ4n) is 3.27. The molecule has 1 aromatic carbocycles. The quantitative estimate of drug-likeness (QED) is 0.181. The van der Waals surface area contributed by atoms with Crippen molar-refractivity contribution in [2.75, 3.05) is 13.2 Å². The second kappa shape index (κ2) is 11.3. The first-order valence-corrected chi connectivity index (χ1v) is 11.9. The number of nitrogens with zero attached hydrogens (tertiary/aromatic N) is 1. The zero-order chi connectivity index (χ0) is 22.2. The van der Waals surface area contributed by atoms with Gasteiger partial charge < -0.3 is 9.15 Å². The summed E-state index contributed by atoms with van der Waals surface area (Å²) in [5.41, 5.74) is 1.34. The summed E-state index contributed by atoms with van der Waals surface area (Å²) in [6, 6.07) is 10.7. The number of thioether (sulfide) groups is 1. The largest absolute Gasteiger partial charge is 0.462 e. The van der Waals surface area contributed by atoms with E-state index in [-0.39, 0.29) is 11.9 Å². The normalized spacial score (nSPS) is 15.2. The Hall–Kier alpha value is -2.38. The molecule has 2 heterocycles. The number of rotatable bonds is 10. The summed E-state index contributed by atoms with van der Waals surface area (Å²) in [4.78, 5) is 26.8. The number of carbonyl (C=O) groups is 2. The van der Waals surface area contributed by atoms with Crippen molar-refractivity contribution < 1.29 is 18.7 Å². The summed E-state index contributed by atoms with van der Waals surface area (Å²) in [6.45, 7) is 4.97. The maximum Gasteiger partial charge on any atom is 0.338 e. The smallest absolute Gasteiger partial charge is 0.338 e. The van der Waals surface area contributed by atoms with E-state index < -0.39 is 0 Å². The monoisotopic (exact) mass is 457 g/mol. The molecule has 1 saturated heterocycles. The van der Waals surface area contributed by atoms with Crippen molar-refractivity contribution in [1.82, 2.24) is 4.90 Å². The lowest BCUT2D eigenvalue weighted by Gasteiger charge is -2.13. The minimum atomic E-state index is -0.346. The number of esters is 1. The number of furan rings is 1. The van der Waals surface area contributed by atoms with Gasteiger partial charge in [0.15, 0.2) is 0 Å². The topological polar surface area (TPSA) is 59.8 Å². The number of hydrogen-bond donors (Lipinski definition) is 0. The summed E-state index contributed by atoms with van der Waals surface area (Å²) in [5, 5.41) is 0. The molecule has 0 N–H and O–H groups in total. The van der Waals surface area contributed by atoms with Gasteiger partial charge in [-0.3, -0.25) is 9.69 Å². The van der Waals surface area contributed by atoms with Gasteiger partial charge in [0.1, 0.15) is 15.8 Å². The van der Waals surface area contributed by atoms with Crippen LogP contribution < -0.4 is 0 Å². The van der Waals surface area contributed by atoms with E-state index in [1.807, 2.05) is 24.3 Å². The van der Waals surface area contributed by atoms with Crippen LogP contribution in [0.3, 0.4) is 0 Å². The highest BCUT2D eigenvalue weighted by molar-refractivity contribution is 8.26. The van der Waals surface area contributed by atoms with Crippen LogP contribution in [-0.2, 0) is 9.53 Å². The Kier molecular flexibility index (Phi) is 8.49. The van der Waals surface area contributed by atoms with Crippen LogP contribution in [0.15, 0.2) is 45.7 Å². The fraction of sp³-hybridized carbons (Fsp3) is 0.375. The van der Waals surface area contributed by atoms with E-state index in [2.05, 4.69) is 6.92 Å². The number of unbranched alkanes of at least 4 members (excludes halogenated alkanes) is 4. The van der Waals surface area contributed by atoms with Gasteiger partial charge in [-0.1, -0.05) is 68.7 Å². The van der Waals surface area contributed by atoms with Crippen molar-refractivity contribution in [2.45, 2.75) is 46.0 Å². The molecule has 0 spiro atoms. The summed E-state index contributed by atoms with van der Waals surface area (Å²) in [5.74, 6) is 0.852. The molecule has 0 bridgehead atoms. The highest BCUT2D eigenvalue weighted by Gasteiger charge is 2.31. The lowest BCUT2D eigenvalue weighted by molar-refractivity contribution is -0.122. The summed E-state index contributed by atoms with van der Waals surface area (Å²) >= 11 is 6.72. The molecule has 1 fully saturated rings. The third kappa shape index (κ3) is 6.08. The zero-order valence-corrected chi connectivity index (χ0v) is 19.5. The van der Waals surface area contributed by atoms with Crippen LogP contribution in [0.25, 0.3) is 17.4 Å². The van der Waals surface area contributed by atoms with E-state index in [9.17, 15) is 9.59 Å². The molecule has 1 aromatic heterocycles. The zero-order valence-electron chi connectivity index (χ0n) is 17.9. The van der Waals surface area contributed by atoms with Crippen molar-refractivity contribution in [2.24, 2.45) is 0 Å². The van der Waals surface area contributed by atoms with Crippen LogP contribution in [0, 0.1) is 0 Å². The molecule has 0 aliphatic carbocycles. The van der Waals surface area contributed by atoms with Crippen LogP contribution in [0.4, 0.5) is 0 Å². The Balaban J connectivity index is 1.64. The molecular weight excluding hydrogens is 430 g/mol. The third-order valence-corrected chi connectivity index (χ3v) is 6.32. The second-order valence-corrected chi connectivity index (χ2v) is 8.92. The van der Waals surface area contributed by atoms with Gasteiger partial charge in [-0.05, 0) is 37.6 Å². The maximum absolute atomic E-state index is 12.7. The molecule has 0 radical (unpaired) electrons. The van der Waals surface area contributed by atoms with Gasteiger partial charge in [0.05, 0.1) is 17.1 Å². The van der Waals surface area contributed by atoms with E-state index in [1.54, 1.807) is 30.0 Å². The van der Waals surface area contributed by atoms with Crippen molar-refractivity contribution in [3.63, 3.8) is 0 Å². The van der Waals surface area contributed by atoms with Crippen LogP contribution in [-0.4, -0.2) is 34.2 Å². The molecule has 5 nitrogen and oxygen atoms in total. The van der Waals surface area contributed by atoms with Gasteiger partial charge in [-0.2, -0.15) is 0 Å². The first kappa shape index (κ1) is 23.3. The molecule has 2 aromatic rings. The number of benzene rings is 1. The first-order valence-electron chi connectivity index (χ1n) is 10.7. The molecule has 1 aliphatic heterocycles. The Morgan fingerprint density at radius 3 is 2.55 bits per heavy atom. The molecule has 1 aliphatic rings. The Bertz CT molecular complexity index is 962. The van der Waals surface area contributed by atoms with Gasteiger partial charge >= 0.3 is 5.97 Å². The second-order valence-electron chi connectivity index (χ2n) is 7.25. The number of amides is 1. The van der Waals surface area contributed by atoms with Crippen LogP contribution in [0.5, 0.6) is 0 Å². The van der Waals surface area contributed by atoms with E-state index in [4.69, 9.17) is 21.4 Å².